The summed E-state index contributed by atoms with van der Waals surface area (Å²) in [5, 5.41) is 6.84. The number of hydrogen-bond acceptors (Lipinski definition) is 3. The molecule has 4 heteroatoms. The Kier molecular flexibility index (Phi) is 7.20. The molecule has 0 aliphatic rings. The van der Waals surface area contributed by atoms with Gasteiger partial charge in [0.2, 0.25) is 0 Å². The lowest BCUT2D eigenvalue weighted by Crippen LogP contribution is -2.10. The van der Waals surface area contributed by atoms with Crippen LogP contribution in [0.3, 0.4) is 0 Å². The molecule has 0 unspecified atom stereocenters. The summed E-state index contributed by atoms with van der Waals surface area (Å²) >= 11 is 0. The molecule has 0 atom stereocenters. The minimum Gasteiger partial charge on any atom is -0.456 e. The highest BCUT2D eigenvalue weighted by molar-refractivity contribution is 6.27. The lowest BCUT2D eigenvalue weighted by Gasteiger charge is -2.25. The number of furan rings is 2. The van der Waals surface area contributed by atoms with Gasteiger partial charge in [0.1, 0.15) is 16.7 Å². The van der Waals surface area contributed by atoms with Crippen molar-refractivity contribution in [2.45, 2.75) is 0 Å². The van der Waals surface area contributed by atoms with Crippen LogP contribution in [0, 0.1) is 0 Å². The van der Waals surface area contributed by atoms with Gasteiger partial charge in [0.15, 0.2) is 5.58 Å². The third kappa shape index (κ3) is 4.95. The van der Waals surface area contributed by atoms with Gasteiger partial charge in [0.25, 0.3) is 0 Å². The van der Waals surface area contributed by atoms with E-state index in [1.165, 1.54) is 27.5 Å². The molecule has 58 heavy (non-hydrogen) atoms. The fourth-order valence-corrected chi connectivity index (χ4v) is 9.03. The molecule has 4 nitrogen and oxygen atoms in total. The number of anilines is 3. The second kappa shape index (κ2) is 12.9. The summed E-state index contributed by atoms with van der Waals surface area (Å²) < 4.78 is 15.7. The van der Waals surface area contributed by atoms with Gasteiger partial charge in [-0.3, -0.25) is 0 Å². The van der Waals surface area contributed by atoms with Gasteiger partial charge in [-0.25, -0.2) is 0 Å². The van der Waals surface area contributed by atoms with Crippen LogP contribution in [0.4, 0.5) is 17.1 Å². The number of hydrogen-bond donors (Lipinski definition) is 0. The van der Waals surface area contributed by atoms with Crippen molar-refractivity contribution in [1.29, 1.82) is 0 Å². The van der Waals surface area contributed by atoms with Crippen LogP contribution in [0.5, 0.6) is 0 Å². The van der Waals surface area contributed by atoms with Gasteiger partial charge in [-0.1, -0.05) is 133 Å². The maximum absolute atomic E-state index is 6.68. The maximum atomic E-state index is 6.68. The summed E-state index contributed by atoms with van der Waals surface area (Å²) in [5.41, 5.74) is 14.5. The topological polar surface area (TPSA) is 34.5 Å². The molecule has 0 N–H and O–H groups in total. The van der Waals surface area contributed by atoms with E-state index in [9.17, 15) is 0 Å². The largest absolute Gasteiger partial charge is 0.456 e. The third-order valence-corrected chi connectivity index (χ3v) is 11.6. The normalized spacial score (nSPS) is 11.8. The lowest BCUT2D eigenvalue weighted by molar-refractivity contribution is 0.669. The van der Waals surface area contributed by atoms with Gasteiger partial charge in [0.05, 0.1) is 16.7 Å². The molecule has 0 saturated carbocycles. The van der Waals surface area contributed by atoms with Crippen molar-refractivity contribution in [2.75, 3.05) is 4.90 Å². The molecule has 0 aliphatic heterocycles. The molecular formula is C54H34N2O2. The fourth-order valence-electron chi connectivity index (χ4n) is 9.03. The highest BCUT2D eigenvalue weighted by atomic mass is 16.3. The van der Waals surface area contributed by atoms with Crippen LogP contribution >= 0.6 is 0 Å². The molecule has 0 aliphatic carbocycles. The molecule has 9 aromatic carbocycles. The molecule has 0 bridgehead atoms. The molecule has 0 radical (unpaired) electrons. The molecule has 12 rings (SSSR count). The van der Waals surface area contributed by atoms with E-state index < -0.39 is 0 Å². The van der Waals surface area contributed by atoms with E-state index in [1.807, 2.05) is 18.2 Å². The Balaban J connectivity index is 1.12. The summed E-state index contributed by atoms with van der Waals surface area (Å²) in [5.74, 6) is 0. The van der Waals surface area contributed by atoms with Crippen LogP contribution in [-0.4, -0.2) is 4.57 Å². The number of aromatic nitrogens is 1. The minimum atomic E-state index is 0.858. The predicted octanol–water partition coefficient (Wildman–Crippen LogP) is 15.4. The third-order valence-electron chi connectivity index (χ3n) is 11.6. The summed E-state index contributed by atoms with van der Waals surface area (Å²) in [6.45, 7) is 0. The molecule has 0 fully saturated rings. The van der Waals surface area contributed by atoms with Crippen molar-refractivity contribution >= 4 is 82.7 Å². The van der Waals surface area contributed by atoms with Crippen molar-refractivity contribution in [2.24, 2.45) is 0 Å². The monoisotopic (exact) mass is 742 g/mol. The standard InChI is InChI=1S/C54H34N2O2/c1-4-15-35(16-5-1)37-27-32-45-44(33-37)52-47(34-50-53(43-22-11-13-26-49(43)57-50)51(52)36-17-6-2-7-18-36)56(45)40-30-28-39(29-31-40)55(38-19-8-3-9-20-38)46-24-14-23-42-41-21-10-12-25-48(41)58-54(42)46/h1-34H. The number of benzene rings is 9. The second-order valence-electron chi connectivity index (χ2n) is 14.9. The number of rotatable bonds is 6. The van der Waals surface area contributed by atoms with Crippen molar-refractivity contribution in [1.82, 2.24) is 4.57 Å². The second-order valence-corrected chi connectivity index (χ2v) is 14.9. The summed E-state index contributed by atoms with van der Waals surface area (Å²) in [6.07, 6.45) is 0. The van der Waals surface area contributed by atoms with Crippen molar-refractivity contribution < 1.29 is 8.83 Å². The van der Waals surface area contributed by atoms with E-state index in [2.05, 4.69) is 198 Å². The molecule has 12 aromatic rings. The van der Waals surface area contributed by atoms with Crippen LogP contribution in [-0.2, 0) is 0 Å². The van der Waals surface area contributed by atoms with E-state index in [0.29, 0.717) is 0 Å². The maximum Gasteiger partial charge on any atom is 0.159 e. The van der Waals surface area contributed by atoms with E-state index in [0.717, 1.165) is 83.2 Å². The van der Waals surface area contributed by atoms with E-state index in [1.54, 1.807) is 0 Å². The Morgan fingerprint density at radius 2 is 0.983 bits per heavy atom. The van der Waals surface area contributed by atoms with Crippen LogP contribution in [0.1, 0.15) is 0 Å². The first kappa shape index (κ1) is 32.4. The average molecular weight is 743 g/mol. The van der Waals surface area contributed by atoms with Crippen LogP contribution < -0.4 is 4.90 Å². The molecule has 3 heterocycles. The summed E-state index contributed by atoms with van der Waals surface area (Å²) in [6, 6.07) is 73.0. The van der Waals surface area contributed by atoms with Gasteiger partial charge in [-0.05, 0) is 83.4 Å². The Hall–Kier alpha value is -7.82. The molecule has 0 saturated heterocycles. The first-order valence-corrected chi connectivity index (χ1v) is 19.7. The van der Waals surface area contributed by atoms with E-state index >= 15 is 0 Å². The van der Waals surface area contributed by atoms with Crippen LogP contribution in [0.25, 0.3) is 93.6 Å². The van der Waals surface area contributed by atoms with Crippen molar-refractivity contribution in [3.8, 4) is 27.9 Å². The fraction of sp³-hybridized carbons (Fsp3) is 0. The number of fused-ring (bicyclic) bond motifs is 9. The molecular weight excluding hydrogens is 709 g/mol. The SMILES string of the molecule is c1ccc(-c2ccc3c(c2)c2c(-c4ccccc4)c4c(cc2n3-c2ccc(N(c3ccccc3)c3cccc5c3oc3ccccc35)cc2)oc2ccccc24)cc1. The smallest absolute Gasteiger partial charge is 0.159 e. The molecule has 3 aromatic heterocycles. The van der Waals surface area contributed by atoms with Gasteiger partial charge in [-0.15, -0.1) is 0 Å². The first-order chi connectivity index (χ1) is 28.8. The Morgan fingerprint density at radius 3 is 1.74 bits per heavy atom. The number of para-hydroxylation sites is 4. The molecule has 0 amide bonds. The van der Waals surface area contributed by atoms with Crippen LogP contribution in [0.2, 0.25) is 0 Å². The quantitative estimate of drug-likeness (QED) is 0.170. The average Bonchev–Trinajstić information content (AvgIpc) is 3.96. The summed E-state index contributed by atoms with van der Waals surface area (Å²) in [4.78, 5) is 2.29. The highest BCUT2D eigenvalue weighted by Crippen LogP contribution is 2.48. The molecule has 0 spiro atoms. The predicted molar refractivity (Wildman–Crippen MR) is 241 cm³/mol. The van der Waals surface area contributed by atoms with Gasteiger partial charge < -0.3 is 18.3 Å². The van der Waals surface area contributed by atoms with E-state index in [4.69, 9.17) is 8.83 Å². The Morgan fingerprint density at radius 1 is 0.362 bits per heavy atom. The lowest BCUT2D eigenvalue weighted by atomic mass is 9.93. The zero-order chi connectivity index (χ0) is 38.2. The molecule has 272 valence electrons. The summed E-state index contributed by atoms with van der Waals surface area (Å²) in [7, 11) is 0. The first-order valence-electron chi connectivity index (χ1n) is 19.7. The zero-order valence-corrected chi connectivity index (χ0v) is 31.3. The van der Waals surface area contributed by atoms with Crippen LogP contribution in [0.15, 0.2) is 215 Å². The Labute approximate surface area is 334 Å². The van der Waals surface area contributed by atoms with Gasteiger partial charge >= 0.3 is 0 Å². The van der Waals surface area contributed by atoms with Gasteiger partial charge in [-0.2, -0.15) is 0 Å². The Bertz CT molecular complexity index is 3490. The van der Waals surface area contributed by atoms with Gasteiger partial charge in [0, 0.05) is 61.0 Å². The minimum absolute atomic E-state index is 0.858. The highest BCUT2D eigenvalue weighted by Gasteiger charge is 2.24. The zero-order valence-electron chi connectivity index (χ0n) is 31.3. The van der Waals surface area contributed by atoms with E-state index in [-0.39, 0.29) is 0 Å². The van der Waals surface area contributed by atoms with Crippen molar-refractivity contribution in [3.05, 3.63) is 206 Å². The van der Waals surface area contributed by atoms with Crippen molar-refractivity contribution in [3.63, 3.8) is 0 Å². The number of nitrogens with zero attached hydrogens (tertiary/aromatic N) is 2.